The van der Waals surface area contributed by atoms with Crippen LogP contribution < -0.4 is 11.1 Å². The molecule has 0 aromatic heterocycles. The van der Waals surface area contributed by atoms with E-state index in [4.69, 9.17) is 5.73 Å². The number of benzene rings is 1. The van der Waals surface area contributed by atoms with Crippen molar-refractivity contribution in [3.05, 3.63) is 29.6 Å². The Labute approximate surface area is 93.8 Å². The van der Waals surface area contributed by atoms with Crippen molar-refractivity contribution in [3.8, 4) is 0 Å². The summed E-state index contributed by atoms with van der Waals surface area (Å²) in [6.45, 7) is 0. The van der Waals surface area contributed by atoms with Crippen molar-refractivity contribution in [2.24, 2.45) is 0 Å². The van der Waals surface area contributed by atoms with E-state index in [9.17, 15) is 9.18 Å². The maximum atomic E-state index is 13.0. The van der Waals surface area contributed by atoms with Crippen molar-refractivity contribution in [3.63, 3.8) is 0 Å². The topological polar surface area (TPSA) is 55.1 Å². The molecule has 1 amide bonds. The second kappa shape index (κ2) is 4.51. The molecule has 1 fully saturated rings. The molecule has 3 nitrogen and oxygen atoms in total. The number of carbonyl (C=O) groups excluding carboxylic acids is 1. The van der Waals surface area contributed by atoms with Gasteiger partial charge in [-0.3, -0.25) is 4.79 Å². The van der Waals surface area contributed by atoms with Gasteiger partial charge in [0.2, 0.25) is 0 Å². The van der Waals surface area contributed by atoms with Gasteiger partial charge in [-0.2, -0.15) is 0 Å². The average molecular weight is 222 g/mol. The van der Waals surface area contributed by atoms with Crippen LogP contribution in [-0.2, 0) is 0 Å². The smallest absolute Gasteiger partial charge is 0.251 e. The highest BCUT2D eigenvalue weighted by atomic mass is 19.1. The van der Waals surface area contributed by atoms with Gasteiger partial charge in [-0.15, -0.1) is 0 Å². The number of halogens is 1. The molecule has 3 N–H and O–H groups in total. The summed E-state index contributed by atoms with van der Waals surface area (Å²) >= 11 is 0. The van der Waals surface area contributed by atoms with Crippen LogP contribution in [0.1, 0.15) is 36.0 Å². The molecule has 1 saturated carbocycles. The molecule has 2 rings (SSSR count). The third-order valence-electron chi connectivity index (χ3n) is 2.87. The Hall–Kier alpha value is -1.58. The second-order valence-corrected chi connectivity index (χ2v) is 4.23. The SMILES string of the molecule is Nc1cc(F)cc(C(=O)NC2CCCC2)c1. The summed E-state index contributed by atoms with van der Waals surface area (Å²) in [6, 6.07) is 4.14. The van der Waals surface area contributed by atoms with E-state index in [1.165, 1.54) is 18.2 Å². The van der Waals surface area contributed by atoms with Crippen molar-refractivity contribution in [1.29, 1.82) is 0 Å². The summed E-state index contributed by atoms with van der Waals surface area (Å²) in [5.74, 6) is -0.713. The molecule has 0 spiro atoms. The molecule has 0 aliphatic heterocycles. The van der Waals surface area contributed by atoms with Crippen molar-refractivity contribution in [1.82, 2.24) is 5.32 Å². The van der Waals surface area contributed by atoms with Crippen molar-refractivity contribution >= 4 is 11.6 Å². The van der Waals surface area contributed by atoms with Gasteiger partial charge in [0.15, 0.2) is 0 Å². The zero-order chi connectivity index (χ0) is 11.5. The number of rotatable bonds is 2. The van der Waals surface area contributed by atoms with E-state index in [-0.39, 0.29) is 17.6 Å². The maximum Gasteiger partial charge on any atom is 0.251 e. The van der Waals surface area contributed by atoms with E-state index in [1.807, 2.05) is 0 Å². The number of anilines is 1. The van der Waals surface area contributed by atoms with Gasteiger partial charge in [0.1, 0.15) is 5.82 Å². The molecule has 16 heavy (non-hydrogen) atoms. The fraction of sp³-hybridized carbons (Fsp3) is 0.417. The molecule has 1 aromatic rings. The summed E-state index contributed by atoms with van der Waals surface area (Å²) in [5.41, 5.74) is 6.06. The lowest BCUT2D eigenvalue weighted by Gasteiger charge is -2.12. The number of nitrogens with two attached hydrogens (primary N) is 1. The Balaban J connectivity index is 2.07. The highest BCUT2D eigenvalue weighted by Crippen LogP contribution is 2.18. The van der Waals surface area contributed by atoms with E-state index in [2.05, 4.69) is 5.32 Å². The lowest BCUT2D eigenvalue weighted by atomic mass is 10.1. The second-order valence-electron chi connectivity index (χ2n) is 4.23. The summed E-state index contributed by atoms with van der Waals surface area (Å²) < 4.78 is 13.0. The molecule has 4 heteroatoms. The standard InChI is InChI=1S/C12H15FN2O/c13-9-5-8(6-10(14)7-9)12(16)15-11-3-1-2-4-11/h5-7,11H,1-4,14H2,(H,15,16). The molecule has 0 atom stereocenters. The third-order valence-corrected chi connectivity index (χ3v) is 2.87. The maximum absolute atomic E-state index is 13.0. The van der Waals surface area contributed by atoms with Crippen LogP contribution in [0.4, 0.5) is 10.1 Å². The van der Waals surface area contributed by atoms with Crippen LogP contribution in [0.2, 0.25) is 0 Å². The monoisotopic (exact) mass is 222 g/mol. The Morgan fingerprint density at radius 3 is 2.62 bits per heavy atom. The van der Waals surface area contributed by atoms with Gasteiger partial charge in [0.05, 0.1) is 0 Å². The molecule has 1 aromatic carbocycles. The Morgan fingerprint density at radius 2 is 2.00 bits per heavy atom. The van der Waals surface area contributed by atoms with Crippen molar-refractivity contribution < 1.29 is 9.18 Å². The fourth-order valence-electron chi connectivity index (χ4n) is 2.08. The third kappa shape index (κ3) is 2.51. The van der Waals surface area contributed by atoms with E-state index in [1.54, 1.807) is 0 Å². The van der Waals surface area contributed by atoms with Gasteiger partial charge in [0, 0.05) is 17.3 Å². The van der Waals surface area contributed by atoms with Crippen LogP contribution in [0.5, 0.6) is 0 Å². The molecular weight excluding hydrogens is 207 g/mol. The van der Waals surface area contributed by atoms with Gasteiger partial charge in [-0.05, 0) is 31.0 Å². The van der Waals surface area contributed by atoms with E-state index >= 15 is 0 Å². The number of nitrogens with one attached hydrogen (secondary N) is 1. The molecule has 0 heterocycles. The number of hydrogen-bond acceptors (Lipinski definition) is 2. The average Bonchev–Trinajstić information content (AvgIpc) is 2.68. The first kappa shape index (κ1) is 10.9. The number of nitrogen functional groups attached to an aromatic ring is 1. The first-order valence-corrected chi connectivity index (χ1v) is 5.52. The highest BCUT2D eigenvalue weighted by molar-refractivity contribution is 5.95. The zero-order valence-corrected chi connectivity index (χ0v) is 9.00. The quantitative estimate of drug-likeness (QED) is 0.753. The molecule has 0 saturated heterocycles. The fourth-order valence-corrected chi connectivity index (χ4v) is 2.08. The van der Waals surface area contributed by atoms with Gasteiger partial charge in [0.25, 0.3) is 5.91 Å². The molecule has 0 bridgehead atoms. The minimum absolute atomic E-state index is 0.233. The highest BCUT2D eigenvalue weighted by Gasteiger charge is 2.18. The first-order chi connectivity index (χ1) is 7.65. The van der Waals surface area contributed by atoms with Gasteiger partial charge in [-0.1, -0.05) is 12.8 Å². The normalized spacial score (nSPS) is 16.3. The minimum Gasteiger partial charge on any atom is -0.399 e. The van der Waals surface area contributed by atoms with Crippen LogP contribution >= 0.6 is 0 Å². The Morgan fingerprint density at radius 1 is 1.31 bits per heavy atom. The minimum atomic E-state index is -0.475. The number of amides is 1. The van der Waals surface area contributed by atoms with E-state index in [0.29, 0.717) is 5.56 Å². The van der Waals surface area contributed by atoms with Crippen molar-refractivity contribution in [2.75, 3.05) is 5.73 Å². The van der Waals surface area contributed by atoms with Crippen LogP contribution in [0, 0.1) is 5.82 Å². The summed E-state index contributed by atoms with van der Waals surface area (Å²) in [4.78, 5) is 11.8. The Kier molecular flexibility index (Phi) is 3.08. The van der Waals surface area contributed by atoms with Crippen LogP contribution in [-0.4, -0.2) is 11.9 Å². The predicted octanol–water partition coefficient (Wildman–Crippen LogP) is 2.08. The summed E-state index contributed by atoms with van der Waals surface area (Å²) in [6.07, 6.45) is 4.32. The van der Waals surface area contributed by atoms with Gasteiger partial charge >= 0.3 is 0 Å². The van der Waals surface area contributed by atoms with E-state index in [0.717, 1.165) is 25.7 Å². The molecule has 86 valence electrons. The van der Waals surface area contributed by atoms with Crippen LogP contribution in [0.3, 0.4) is 0 Å². The molecule has 0 radical (unpaired) electrons. The van der Waals surface area contributed by atoms with E-state index < -0.39 is 5.82 Å². The molecule has 1 aliphatic carbocycles. The number of carbonyl (C=O) groups is 1. The number of hydrogen-bond donors (Lipinski definition) is 2. The largest absolute Gasteiger partial charge is 0.399 e. The molecule has 0 unspecified atom stereocenters. The van der Waals surface area contributed by atoms with Crippen LogP contribution in [0.25, 0.3) is 0 Å². The van der Waals surface area contributed by atoms with Crippen LogP contribution in [0.15, 0.2) is 18.2 Å². The van der Waals surface area contributed by atoms with Gasteiger partial charge < -0.3 is 11.1 Å². The summed E-state index contributed by atoms with van der Waals surface area (Å²) in [5, 5.41) is 2.89. The zero-order valence-electron chi connectivity index (χ0n) is 9.00. The first-order valence-electron chi connectivity index (χ1n) is 5.52. The van der Waals surface area contributed by atoms with Gasteiger partial charge in [-0.25, -0.2) is 4.39 Å². The Bertz CT molecular complexity index is 380. The lowest BCUT2D eigenvalue weighted by molar-refractivity contribution is 0.0937. The summed E-state index contributed by atoms with van der Waals surface area (Å²) in [7, 11) is 0. The molecule has 1 aliphatic rings. The molecular formula is C12H15FN2O. The predicted molar refractivity (Wildman–Crippen MR) is 60.5 cm³/mol. The lowest BCUT2D eigenvalue weighted by Crippen LogP contribution is -2.32. The van der Waals surface area contributed by atoms with Crippen molar-refractivity contribution in [2.45, 2.75) is 31.7 Å².